The SMILES string of the molecule is Cc1cc(C(=O)N(C)CC(C)C(=O)O)nn1-c1ccc(Cl)cc1Cl. The summed E-state index contributed by atoms with van der Waals surface area (Å²) in [6.07, 6.45) is 0. The van der Waals surface area contributed by atoms with Crippen molar-refractivity contribution >= 4 is 35.1 Å². The number of hydrogen-bond donors (Lipinski definition) is 1. The topological polar surface area (TPSA) is 75.4 Å². The second-order valence-electron chi connectivity index (χ2n) is 5.60. The standard InChI is InChI=1S/C16H17Cl2N3O3/c1-9(16(23)24)8-20(3)15(22)13-6-10(2)21(19-13)14-5-4-11(17)7-12(14)18/h4-7,9H,8H2,1-3H3,(H,23,24). The lowest BCUT2D eigenvalue weighted by molar-refractivity contribution is -0.141. The smallest absolute Gasteiger partial charge is 0.308 e. The summed E-state index contributed by atoms with van der Waals surface area (Å²) in [5.74, 6) is -1.97. The fourth-order valence-corrected chi connectivity index (χ4v) is 2.73. The summed E-state index contributed by atoms with van der Waals surface area (Å²) >= 11 is 12.1. The van der Waals surface area contributed by atoms with Gasteiger partial charge in [-0.15, -0.1) is 0 Å². The molecule has 0 saturated carbocycles. The number of carbonyl (C=O) groups excluding carboxylic acids is 1. The Bertz CT molecular complexity index is 789. The van der Waals surface area contributed by atoms with E-state index < -0.39 is 11.9 Å². The van der Waals surface area contributed by atoms with Crippen molar-refractivity contribution in [3.63, 3.8) is 0 Å². The lowest BCUT2D eigenvalue weighted by Crippen LogP contribution is -2.34. The first kappa shape index (κ1) is 18.3. The molecule has 2 rings (SSSR count). The quantitative estimate of drug-likeness (QED) is 0.877. The summed E-state index contributed by atoms with van der Waals surface area (Å²) in [6, 6.07) is 6.64. The molecule has 24 heavy (non-hydrogen) atoms. The average Bonchev–Trinajstić information content (AvgIpc) is 2.88. The molecule has 0 aliphatic heterocycles. The molecule has 1 N–H and O–H groups in total. The fourth-order valence-electron chi connectivity index (χ4n) is 2.24. The van der Waals surface area contributed by atoms with Crippen LogP contribution in [0.3, 0.4) is 0 Å². The number of carboxylic acids is 1. The van der Waals surface area contributed by atoms with Crippen molar-refractivity contribution in [2.75, 3.05) is 13.6 Å². The van der Waals surface area contributed by atoms with Gasteiger partial charge in [0.25, 0.3) is 5.91 Å². The number of nitrogens with zero attached hydrogens (tertiary/aromatic N) is 3. The van der Waals surface area contributed by atoms with Crippen molar-refractivity contribution in [3.05, 3.63) is 45.7 Å². The number of carboxylic acid groups (broad SMARTS) is 1. The molecule has 1 unspecified atom stereocenters. The van der Waals surface area contributed by atoms with Gasteiger partial charge in [-0.2, -0.15) is 5.10 Å². The van der Waals surface area contributed by atoms with Gasteiger partial charge in [0.2, 0.25) is 0 Å². The van der Waals surface area contributed by atoms with Crippen molar-refractivity contribution in [2.45, 2.75) is 13.8 Å². The van der Waals surface area contributed by atoms with Gasteiger partial charge in [-0.3, -0.25) is 9.59 Å². The molecule has 0 fully saturated rings. The lowest BCUT2D eigenvalue weighted by Gasteiger charge is -2.18. The Morgan fingerprint density at radius 1 is 1.33 bits per heavy atom. The number of amides is 1. The summed E-state index contributed by atoms with van der Waals surface area (Å²) in [6.45, 7) is 3.44. The first-order valence-corrected chi connectivity index (χ1v) is 7.96. The van der Waals surface area contributed by atoms with E-state index >= 15 is 0 Å². The Labute approximate surface area is 149 Å². The van der Waals surface area contributed by atoms with Gasteiger partial charge in [-0.1, -0.05) is 30.1 Å². The zero-order valence-electron chi connectivity index (χ0n) is 13.5. The van der Waals surface area contributed by atoms with Crippen molar-refractivity contribution in [2.24, 2.45) is 5.92 Å². The summed E-state index contributed by atoms with van der Waals surface area (Å²) in [5, 5.41) is 14.2. The molecule has 1 aromatic heterocycles. The monoisotopic (exact) mass is 369 g/mol. The van der Waals surface area contributed by atoms with Crippen molar-refractivity contribution < 1.29 is 14.7 Å². The summed E-state index contributed by atoms with van der Waals surface area (Å²) < 4.78 is 1.56. The second-order valence-corrected chi connectivity index (χ2v) is 6.45. The van der Waals surface area contributed by atoms with E-state index in [2.05, 4.69) is 5.10 Å². The van der Waals surface area contributed by atoms with Gasteiger partial charge in [0.1, 0.15) is 0 Å². The van der Waals surface area contributed by atoms with Crippen molar-refractivity contribution in [1.82, 2.24) is 14.7 Å². The van der Waals surface area contributed by atoms with E-state index in [1.165, 1.54) is 4.90 Å². The van der Waals surface area contributed by atoms with Crippen LogP contribution in [0.15, 0.2) is 24.3 Å². The number of halogens is 2. The number of aliphatic carboxylic acids is 1. The Hall–Kier alpha value is -2.05. The molecule has 0 aliphatic carbocycles. The average molecular weight is 370 g/mol. The third-order valence-electron chi connectivity index (χ3n) is 3.56. The van der Waals surface area contributed by atoms with Gasteiger partial charge in [0, 0.05) is 24.3 Å². The summed E-state index contributed by atoms with van der Waals surface area (Å²) in [5.41, 5.74) is 1.56. The molecule has 0 aliphatic rings. The molecule has 1 atom stereocenters. The van der Waals surface area contributed by atoms with E-state index in [-0.39, 0.29) is 18.1 Å². The minimum atomic E-state index is -0.954. The molecule has 8 heteroatoms. The zero-order chi connectivity index (χ0) is 18.0. The predicted octanol–water partition coefficient (Wildman–Crippen LogP) is 3.28. The number of aryl methyl sites for hydroxylation is 1. The molecule has 0 bridgehead atoms. The molecule has 0 spiro atoms. The molecular formula is C16H17Cl2N3O3. The Balaban J connectivity index is 2.28. The highest BCUT2D eigenvalue weighted by molar-refractivity contribution is 6.35. The van der Waals surface area contributed by atoms with Gasteiger partial charge < -0.3 is 10.0 Å². The van der Waals surface area contributed by atoms with Gasteiger partial charge in [0.05, 0.1) is 16.6 Å². The van der Waals surface area contributed by atoms with Crippen LogP contribution < -0.4 is 0 Å². The maximum atomic E-state index is 12.4. The maximum absolute atomic E-state index is 12.4. The maximum Gasteiger partial charge on any atom is 0.308 e. The van der Waals surface area contributed by atoms with Crippen LogP contribution in [-0.4, -0.2) is 45.3 Å². The largest absolute Gasteiger partial charge is 0.481 e. The van der Waals surface area contributed by atoms with E-state index in [1.54, 1.807) is 49.8 Å². The summed E-state index contributed by atoms with van der Waals surface area (Å²) in [4.78, 5) is 24.7. The van der Waals surface area contributed by atoms with E-state index in [0.717, 1.165) is 5.69 Å². The van der Waals surface area contributed by atoms with Gasteiger partial charge in [0.15, 0.2) is 5.69 Å². The van der Waals surface area contributed by atoms with Gasteiger partial charge in [-0.25, -0.2) is 4.68 Å². The molecular weight excluding hydrogens is 353 g/mol. The Morgan fingerprint density at radius 3 is 2.58 bits per heavy atom. The van der Waals surface area contributed by atoms with Gasteiger partial charge >= 0.3 is 5.97 Å². The first-order chi connectivity index (χ1) is 11.2. The lowest BCUT2D eigenvalue weighted by atomic mass is 10.1. The second kappa shape index (κ2) is 7.23. The molecule has 6 nitrogen and oxygen atoms in total. The Morgan fingerprint density at radius 2 is 2.00 bits per heavy atom. The molecule has 128 valence electrons. The van der Waals surface area contributed by atoms with E-state index in [9.17, 15) is 9.59 Å². The van der Waals surface area contributed by atoms with Crippen LogP contribution in [-0.2, 0) is 4.79 Å². The highest BCUT2D eigenvalue weighted by Gasteiger charge is 2.21. The van der Waals surface area contributed by atoms with E-state index in [1.807, 2.05) is 0 Å². The van der Waals surface area contributed by atoms with Crippen molar-refractivity contribution in [3.8, 4) is 5.69 Å². The molecule has 2 aromatic rings. The minimum absolute atomic E-state index is 0.0990. The summed E-state index contributed by atoms with van der Waals surface area (Å²) in [7, 11) is 1.55. The number of carbonyl (C=O) groups is 2. The van der Waals surface area contributed by atoms with Crippen LogP contribution in [0.5, 0.6) is 0 Å². The minimum Gasteiger partial charge on any atom is -0.481 e. The van der Waals surface area contributed by atoms with Crippen LogP contribution in [0.4, 0.5) is 0 Å². The molecule has 1 heterocycles. The first-order valence-electron chi connectivity index (χ1n) is 7.21. The van der Waals surface area contributed by atoms with E-state index in [4.69, 9.17) is 28.3 Å². The number of rotatable bonds is 5. The van der Waals surface area contributed by atoms with Crippen LogP contribution >= 0.6 is 23.2 Å². The third-order valence-corrected chi connectivity index (χ3v) is 4.10. The van der Waals surface area contributed by atoms with Gasteiger partial charge in [-0.05, 0) is 31.2 Å². The zero-order valence-corrected chi connectivity index (χ0v) is 15.0. The molecule has 0 saturated heterocycles. The van der Waals surface area contributed by atoms with Crippen LogP contribution in [0.2, 0.25) is 10.0 Å². The van der Waals surface area contributed by atoms with Crippen LogP contribution in [0.1, 0.15) is 23.1 Å². The van der Waals surface area contributed by atoms with Crippen molar-refractivity contribution in [1.29, 1.82) is 0 Å². The normalized spacial score (nSPS) is 12.0. The molecule has 1 aromatic carbocycles. The highest BCUT2D eigenvalue weighted by atomic mass is 35.5. The molecule has 1 amide bonds. The van der Waals surface area contributed by atoms with Crippen LogP contribution in [0, 0.1) is 12.8 Å². The van der Waals surface area contributed by atoms with E-state index in [0.29, 0.717) is 15.7 Å². The number of benzene rings is 1. The number of hydrogen-bond acceptors (Lipinski definition) is 3. The third kappa shape index (κ3) is 3.88. The highest BCUT2D eigenvalue weighted by Crippen LogP contribution is 2.25. The van der Waals surface area contributed by atoms with Crippen LogP contribution in [0.25, 0.3) is 5.69 Å². The molecule has 0 radical (unpaired) electrons. The predicted molar refractivity (Wildman–Crippen MR) is 92.1 cm³/mol. The Kier molecular flexibility index (Phi) is 5.51. The number of aromatic nitrogens is 2. The fraction of sp³-hybridized carbons (Fsp3) is 0.312.